The molecule has 4 unspecified atom stereocenters. The zero-order valence-electron chi connectivity index (χ0n) is 43.7. The Morgan fingerprint density at radius 1 is 0.373 bits per heavy atom. The van der Waals surface area contributed by atoms with Crippen LogP contribution in [0.1, 0.15) is 39.8 Å². The van der Waals surface area contributed by atoms with Crippen LogP contribution in [-0.2, 0) is 30.5 Å². The molecule has 0 aliphatic rings. The van der Waals surface area contributed by atoms with Gasteiger partial charge in [-0.3, -0.25) is 4.79 Å². The lowest BCUT2D eigenvalue weighted by molar-refractivity contribution is -0.117. The molecule has 0 bridgehead atoms. The van der Waals surface area contributed by atoms with Crippen molar-refractivity contribution >= 4 is 5.91 Å². The van der Waals surface area contributed by atoms with Crippen molar-refractivity contribution in [3.8, 4) is 34.5 Å². The number of nitrogens with one attached hydrogen (secondary N) is 7. The Morgan fingerprint density at radius 3 is 0.907 bits per heavy atom. The smallest absolute Gasteiger partial charge is 0.218 e. The third kappa shape index (κ3) is 28.5. The maximum absolute atomic E-state index is 11.2. The number of carbonyl (C=O) groups excluding carboxylic acids is 1. The molecule has 16 heteroatoms. The molecule has 75 heavy (non-hydrogen) atoms. The minimum Gasteiger partial charge on any atom is -0.508 e. The standard InChI is InChI=1S/C45H67N9O5.2C7H8O/c46-37(25-33-1-9-41(55)10-2-33)29-49-19-22-52-39(27-35-5-13-43(57)14-6-35)31-51-21-24-54-40(28-36-7-15-44(58)16-8-36)32-50-20-23-53-38(30-48-18-17-45(47)59)26-34-3-11-42(56)12-4-34;2*1-6-2-4-7(8)5-3-6/h1-16,37-40,48-58H,17-32,46H2,(H2,47,59);2*2-5,8H,1H3. The summed E-state index contributed by atoms with van der Waals surface area (Å²) in [4.78, 5) is 11.2. The lowest BCUT2D eigenvalue weighted by Gasteiger charge is -2.23. The normalized spacial score (nSPS) is 12.6. The minimum absolute atomic E-state index is 0.0322. The average Bonchev–Trinajstić information content (AvgIpc) is 3.39. The third-order valence-corrected chi connectivity index (χ3v) is 12.1. The Hall–Kier alpha value is -6.73. The highest BCUT2D eigenvalue weighted by Gasteiger charge is 2.14. The molecule has 4 atom stereocenters. The van der Waals surface area contributed by atoms with Gasteiger partial charge in [0, 0.05) is 103 Å². The molecular formula is C59H83N9O7. The van der Waals surface area contributed by atoms with Gasteiger partial charge in [-0.2, -0.15) is 0 Å². The molecular weight excluding hydrogens is 947 g/mol. The number of phenols is 6. The van der Waals surface area contributed by atoms with E-state index in [9.17, 15) is 25.2 Å². The van der Waals surface area contributed by atoms with Crippen LogP contribution in [0.15, 0.2) is 146 Å². The second-order valence-electron chi connectivity index (χ2n) is 18.9. The first-order valence-corrected chi connectivity index (χ1v) is 25.9. The minimum atomic E-state index is -0.330. The van der Waals surface area contributed by atoms with Crippen molar-refractivity contribution in [2.75, 3.05) is 72.0 Å². The molecule has 0 saturated heterocycles. The monoisotopic (exact) mass is 1030 g/mol. The highest BCUT2D eigenvalue weighted by molar-refractivity contribution is 5.73. The van der Waals surface area contributed by atoms with E-state index in [1.165, 1.54) is 11.1 Å². The molecule has 0 fully saturated rings. The number of benzene rings is 6. The number of carbonyl (C=O) groups is 1. The summed E-state index contributed by atoms with van der Waals surface area (Å²) < 4.78 is 0. The van der Waals surface area contributed by atoms with E-state index in [1.54, 1.807) is 72.8 Å². The Balaban J connectivity index is 0.000000642. The molecule has 6 rings (SSSR count). The zero-order valence-corrected chi connectivity index (χ0v) is 43.7. The van der Waals surface area contributed by atoms with E-state index >= 15 is 0 Å². The lowest BCUT2D eigenvalue weighted by atomic mass is 10.0. The fraction of sp³-hybridized carbons (Fsp3) is 0.373. The zero-order chi connectivity index (χ0) is 54.0. The van der Waals surface area contributed by atoms with Crippen molar-refractivity contribution in [1.82, 2.24) is 37.2 Å². The van der Waals surface area contributed by atoms with Crippen molar-refractivity contribution < 1.29 is 35.4 Å². The van der Waals surface area contributed by atoms with Gasteiger partial charge in [-0.1, -0.05) is 83.9 Å². The van der Waals surface area contributed by atoms with Crippen molar-refractivity contribution in [3.63, 3.8) is 0 Å². The van der Waals surface area contributed by atoms with Crippen LogP contribution in [0.2, 0.25) is 0 Å². The second-order valence-corrected chi connectivity index (χ2v) is 18.9. The van der Waals surface area contributed by atoms with Crippen LogP contribution >= 0.6 is 0 Å². The van der Waals surface area contributed by atoms with E-state index in [4.69, 9.17) is 21.7 Å². The quantitative estimate of drug-likeness (QED) is 0.0265. The molecule has 1 amide bonds. The number of phenolic OH excluding ortho intramolecular Hbond substituents is 6. The van der Waals surface area contributed by atoms with Crippen LogP contribution in [0.5, 0.6) is 34.5 Å². The maximum atomic E-state index is 11.2. The number of primary amides is 1. The molecule has 406 valence electrons. The molecule has 0 radical (unpaired) electrons. The molecule has 16 nitrogen and oxygen atoms in total. The first-order valence-electron chi connectivity index (χ1n) is 25.9. The highest BCUT2D eigenvalue weighted by Crippen LogP contribution is 2.15. The summed E-state index contributed by atoms with van der Waals surface area (Å²) in [5.74, 6) is 1.32. The Labute approximate surface area is 444 Å². The van der Waals surface area contributed by atoms with E-state index in [-0.39, 0.29) is 59.5 Å². The molecule has 17 N–H and O–H groups in total. The second kappa shape index (κ2) is 35.5. The number of hydrogen-bond acceptors (Lipinski definition) is 15. The van der Waals surface area contributed by atoms with Gasteiger partial charge in [-0.15, -0.1) is 0 Å². The van der Waals surface area contributed by atoms with Crippen LogP contribution in [0, 0.1) is 13.8 Å². The topological polar surface area (TPSA) is 275 Å². The molecule has 0 aliphatic carbocycles. The van der Waals surface area contributed by atoms with E-state index < -0.39 is 0 Å². The number of hydrogen-bond donors (Lipinski definition) is 15. The van der Waals surface area contributed by atoms with Gasteiger partial charge in [0.15, 0.2) is 0 Å². The summed E-state index contributed by atoms with van der Waals surface area (Å²) in [7, 11) is 0. The summed E-state index contributed by atoms with van der Waals surface area (Å²) in [6.07, 6.45) is 3.39. The van der Waals surface area contributed by atoms with Crippen LogP contribution in [0.4, 0.5) is 0 Å². The maximum Gasteiger partial charge on any atom is 0.218 e. The average molecular weight is 1030 g/mol. The summed E-state index contributed by atoms with van der Waals surface area (Å²) >= 11 is 0. The largest absolute Gasteiger partial charge is 0.508 e. The van der Waals surface area contributed by atoms with Crippen LogP contribution < -0.4 is 48.7 Å². The fourth-order valence-electron chi connectivity index (χ4n) is 7.92. The predicted octanol–water partition coefficient (Wildman–Crippen LogP) is 4.62. The van der Waals surface area contributed by atoms with Crippen molar-refractivity contribution in [3.05, 3.63) is 179 Å². The van der Waals surface area contributed by atoms with Crippen molar-refractivity contribution in [1.29, 1.82) is 0 Å². The van der Waals surface area contributed by atoms with E-state index in [2.05, 4.69) is 37.2 Å². The van der Waals surface area contributed by atoms with E-state index in [0.717, 1.165) is 100 Å². The van der Waals surface area contributed by atoms with E-state index in [0.29, 0.717) is 31.1 Å². The van der Waals surface area contributed by atoms with Gasteiger partial charge >= 0.3 is 0 Å². The van der Waals surface area contributed by atoms with Gasteiger partial charge in [0.1, 0.15) is 34.5 Å². The molecule has 0 aliphatic heterocycles. The van der Waals surface area contributed by atoms with Gasteiger partial charge in [-0.05, 0) is 135 Å². The molecule has 0 saturated carbocycles. The first-order chi connectivity index (χ1) is 36.2. The Bertz CT molecular complexity index is 2330. The number of rotatable bonds is 31. The number of amides is 1. The Kier molecular flexibility index (Phi) is 28.8. The Morgan fingerprint density at radius 2 is 0.627 bits per heavy atom. The molecule has 0 spiro atoms. The number of nitrogens with two attached hydrogens (primary N) is 2. The number of aryl methyl sites for hydroxylation is 2. The summed E-state index contributed by atoms with van der Waals surface area (Å²) in [6, 6.07) is 43.7. The summed E-state index contributed by atoms with van der Waals surface area (Å²) in [5, 5.41) is 81.4. The van der Waals surface area contributed by atoms with Crippen molar-refractivity contribution in [2.24, 2.45) is 11.5 Å². The van der Waals surface area contributed by atoms with Gasteiger partial charge in [0.05, 0.1) is 0 Å². The van der Waals surface area contributed by atoms with E-state index in [1.807, 2.05) is 86.6 Å². The van der Waals surface area contributed by atoms with Gasteiger partial charge in [-0.25, -0.2) is 0 Å². The lowest BCUT2D eigenvalue weighted by Crippen LogP contribution is -2.47. The summed E-state index contributed by atoms with van der Waals surface area (Å²) in [5.41, 5.74) is 18.5. The SMILES string of the molecule is Cc1ccc(O)cc1.Cc1ccc(O)cc1.NC(=O)CCNCC(Cc1ccc(O)cc1)NCCNCC(Cc1ccc(O)cc1)NCCNCC(Cc1ccc(O)cc1)NCCNCC(N)Cc1ccc(O)cc1. The van der Waals surface area contributed by atoms with Gasteiger partial charge < -0.3 is 79.3 Å². The fourth-order valence-corrected chi connectivity index (χ4v) is 7.92. The van der Waals surface area contributed by atoms with Crippen molar-refractivity contribution in [2.45, 2.75) is 70.1 Å². The van der Waals surface area contributed by atoms with Crippen LogP contribution in [0.3, 0.4) is 0 Å². The van der Waals surface area contributed by atoms with Gasteiger partial charge in [0.25, 0.3) is 0 Å². The number of aromatic hydroxyl groups is 6. The first kappa shape index (κ1) is 60.8. The summed E-state index contributed by atoms with van der Waals surface area (Å²) in [6.45, 7) is 11.9. The molecule has 0 aromatic heterocycles. The molecule has 6 aromatic rings. The van der Waals surface area contributed by atoms with Crippen LogP contribution in [0.25, 0.3) is 0 Å². The predicted molar refractivity (Wildman–Crippen MR) is 302 cm³/mol. The van der Waals surface area contributed by atoms with Gasteiger partial charge in [0.2, 0.25) is 5.91 Å². The highest BCUT2D eigenvalue weighted by atomic mass is 16.3. The third-order valence-electron chi connectivity index (χ3n) is 12.1. The molecule has 0 heterocycles. The van der Waals surface area contributed by atoms with Crippen LogP contribution in [-0.4, -0.2) is 133 Å². The molecule has 6 aromatic carbocycles.